The number of fused-ring (bicyclic) bond motifs is 1. The molecule has 0 saturated carbocycles. The zero-order valence-corrected chi connectivity index (χ0v) is 16.3. The first-order valence-electron chi connectivity index (χ1n) is 9.47. The molecule has 0 aliphatic carbocycles. The second-order valence-corrected chi connectivity index (χ2v) is 8.16. The molecule has 0 amide bonds. The van der Waals surface area contributed by atoms with Crippen LogP contribution < -0.4 is 0 Å². The molecular weight excluding hydrogens is 364 g/mol. The van der Waals surface area contributed by atoms with Gasteiger partial charge in [-0.1, -0.05) is 30.3 Å². The fraction of sp³-hybridized carbons (Fsp3) is 0.174. The normalized spacial score (nSPS) is 14.0. The van der Waals surface area contributed by atoms with Crippen LogP contribution in [0, 0.1) is 0 Å². The van der Waals surface area contributed by atoms with Crippen molar-refractivity contribution in [3.05, 3.63) is 89.3 Å². The number of benzene rings is 1. The Morgan fingerprint density at radius 3 is 2.64 bits per heavy atom. The van der Waals surface area contributed by atoms with Crippen LogP contribution in [0.2, 0.25) is 0 Å². The van der Waals surface area contributed by atoms with E-state index in [1.807, 2.05) is 29.7 Å². The summed E-state index contributed by atoms with van der Waals surface area (Å²) < 4.78 is 0. The molecule has 1 aromatic carbocycles. The summed E-state index contributed by atoms with van der Waals surface area (Å²) in [6.07, 6.45) is 6.52. The van der Waals surface area contributed by atoms with E-state index < -0.39 is 0 Å². The molecule has 28 heavy (non-hydrogen) atoms. The van der Waals surface area contributed by atoms with Gasteiger partial charge in [-0.15, -0.1) is 11.3 Å². The van der Waals surface area contributed by atoms with Crippen molar-refractivity contribution in [3.63, 3.8) is 0 Å². The number of hydrogen-bond acceptors (Lipinski definition) is 5. The predicted octanol–water partition coefficient (Wildman–Crippen LogP) is 4.83. The van der Waals surface area contributed by atoms with Gasteiger partial charge < -0.3 is 0 Å². The van der Waals surface area contributed by atoms with E-state index in [0.29, 0.717) is 0 Å². The van der Waals surface area contributed by atoms with Crippen molar-refractivity contribution < 1.29 is 0 Å². The Morgan fingerprint density at radius 1 is 0.929 bits per heavy atom. The Labute approximate surface area is 168 Å². The minimum atomic E-state index is 0.792. The topological polar surface area (TPSA) is 41.9 Å². The highest BCUT2D eigenvalue weighted by Gasteiger charge is 2.19. The van der Waals surface area contributed by atoms with E-state index in [-0.39, 0.29) is 0 Å². The van der Waals surface area contributed by atoms with Crippen molar-refractivity contribution in [1.82, 2.24) is 19.9 Å². The highest BCUT2D eigenvalue weighted by molar-refractivity contribution is 7.15. The molecule has 1 aliphatic rings. The third-order valence-corrected chi connectivity index (χ3v) is 6.17. The second kappa shape index (κ2) is 7.62. The molecule has 5 rings (SSSR count). The van der Waals surface area contributed by atoms with E-state index >= 15 is 0 Å². The fourth-order valence-electron chi connectivity index (χ4n) is 3.59. The molecular formula is C23H20N4S. The molecule has 0 spiro atoms. The molecule has 0 unspecified atom stereocenters. The third kappa shape index (κ3) is 3.59. The molecule has 0 saturated heterocycles. The minimum absolute atomic E-state index is 0.792. The van der Waals surface area contributed by atoms with Crippen molar-refractivity contribution in [2.45, 2.75) is 19.5 Å². The van der Waals surface area contributed by atoms with Gasteiger partial charge in [0.1, 0.15) is 0 Å². The lowest BCUT2D eigenvalue weighted by Gasteiger charge is -2.27. The Bertz CT molecular complexity index is 1080. The van der Waals surface area contributed by atoms with Crippen LogP contribution in [-0.2, 0) is 19.5 Å². The zero-order chi connectivity index (χ0) is 18.8. The maximum atomic E-state index is 4.81. The van der Waals surface area contributed by atoms with Crippen LogP contribution in [-0.4, -0.2) is 26.4 Å². The summed E-state index contributed by atoms with van der Waals surface area (Å²) in [4.78, 5) is 18.7. The molecule has 5 heteroatoms. The van der Waals surface area contributed by atoms with Gasteiger partial charge in [0.05, 0.1) is 5.69 Å². The summed E-state index contributed by atoms with van der Waals surface area (Å²) >= 11 is 1.88. The van der Waals surface area contributed by atoms with Crippen LogP contribution in [0.4, 0.5) is 0 Å². The van der Waals surface area contributed by atoms with Crippen molar-refractivity contribution in [2.24, 2.45) is 0 Å². The average Bonchev–Trinajstić information content (AvgIpc) is 3.23. The Kier molecular flexibility index (Phi) is 4.69. The SMILES string of the molecule is c1ccc(-c2ccc(CN3CCc4nc(-c5ccncc5)ncc4C3)s2)cc1. The highest BCUT2D eigenvalue weighted by Crippen LogP contribution is 2.30. The average molecular weight is 385 g/mol. The van der Waals surface area contributed by atoms with Gasteiger partial charge in [0.15, 0.2) is 5.82 Å². The lowest BCUT2D eigenvalue weighted by Crippen LogP contribution is -2.30. The van der Waals surface area contributed by atoms with Crippen LogP contribution >= 0.6 is 11.3 Å². The van der Waals surface area contributed by atoms with Crippen molar-refractivity contribution in [1.29, 1.82) is 0 Å². The van der Waals surface area contributed by atoms with Crippen molar-refractivity contribution in [2.75, 3.05) is 6.54 Å². The van der Waals surface area contributed by atoms with Gasteiger partial charge in [-0.25, -0.2) is 9.97 Å². The lowest BCUT2D eigenvalue weighted by molar-refractivity contribution is 0.245. The largest absolute Gasteiger partial charge is 0.293 e. The molecule has 0 N–H and O–H groups in total. The first-order valence-corrected chi connectivity index (χ1v) is 10.3. The van der Waals surface area contributed by atoms with Crippen LogP contribution in [0.3, 0.4) is 0 Å². The number of rotatable bonds is 4. The van der Waals surface area contributed by atoms with Gasteiger partial charge in [0, 0.05) is 65.5 Å². The van der Waals surface area contributed by atoms with Gasteiger partial charge >= 0.3 is 0 Å². The molecule has 0 fully saturated rings. The van der Waals surface area contributed by atoms with Crippen LogP contribution in [0.15, 0.2) is 73.2 Å². The molecule has 3 aromatic heterocycles. The summed E-state index contributed by atoms with van der Waals surface area (Å²) in [6, 6.07) is 19.0. The summed E-state index contributed by atoms with van der Waals surface area (Å²) in [7, 11) is 0. The Morgan fingerprint density at radius 2 is 1.79 bits per heavy atom. The predicted molar refractivity (Wildman–Crippen MR) is 113 cm³/mol. The fourth-order valence-corrected chi connectivity index (χ4v) is 4.65. The standard InChI is InChI=1S/C23H20N4S/c1-2-4-17(5-3-1)22-7-6-20(28-22)16-27-13-10-21-19(15-27)14-25-23(26-21)18-8-11-24-12-9-18/h1-9,11-12,14H,10,13,15-16H2. The van der Waals surface area contributed by atoms with Crippen molar-refractivity contribution >= 4 is 11.3 Å². The van der Waals surface area contributed by atoms with E-state index in [4.69, 9.17) is 4.98 Å². The molecule has 0 radical (unpaired) electrons. The van der Waals surface area contributed by atoms with Gasteiger partial charge in [-0.05, 0) is 29.8 Å². The second-order valence-electron chi connectivity index (χ2n) is 6.99. The molecule has 4 aromatic rings. The molecule has 4 heterocycles. The number of aromatic nitrogens is 3. The van der Waals surface area contributed by atoms with Gasteiger partial charge in [-0.2, -0.15) is 0 Å². The molecule has 138 valence electrons. The molecule has 1 aliphatic heterocycles. The summed E-state index contributed by atoms with van der Waals surface area (Å²) in [6.45, 7) is 2.91. The third-order valence-electron chi connectivity index (χ3n) is 5.05. The molecule has 0 atom stereocenters. The van der Waals surface area contributed by atoms with Crippen molar-refractivity contribution in [3.8, 4) is 21.8 Å². The lowest BCUT2D eigenvalue weighted by atomic mass is 10.1. The van der Waals surface area contributed by atoms with Gasteiger partial charge in [0.2, 0.25) is 0 Å². The molecule has 4 nitrogen and oxygen atoms in total. The summed E-state index contributed by atoms with van der Waals surface area (Å²) in [5, 5.41) is 0. The quantitative estimate of drug-likeness (QED) is 0.506. The van der Waals surface area contributed by atoms with E-state index in [1.165, 1.54) is 26.6 Å². The first kappa shape index (κ1) is 17.2. The van der Waals surface area contributed by atoms with E-state index in [0.717, 1.165) is 37.4 Å². The zero-order valence-electron chi connectivity index (χ0n) is 15.5. The number of pyridine rings is 1. The smallest absolute Gasteiger partial charge is 0.159 e. The van der Waals surface area contributed by atoms with E-state index in [9.17, 15) is 0 Å². The monoisotopic (exact) mass is 384 g/mol. The van der Waals surface area contributed by atoms with E-state index in [1.54, 1.807) is 12.4 Å². The van der Waals surface area contributed by atoms with Gasteiger partial charge in [0.25, 0.3) is 0 Å². The molecule has 0 bridgehead atoms. The van der Waals surface area contributed by atoms with Gasteiger partial charge in [-0.3, -0.25) is 9.88 Å². The summed E-state index contributed by atoms with van der Waals surface area (Å²) in [5.74, 6) is 0.792. The maximum absolute atomic E-state index is 4.81. The highest BCUT2D eigenvalue weighted by atomic mass is 32.1. The maximum Gasteiger partial charge on any atom is 0.159 e. The Balaban J connectivity index is 1.30. The van der Waals surface area contributed by atoms with Crippen LogP contribution in [0.5, 0.6) is 0 Å². The number of hydrogen-bond donors (Lipinski definition) is 0. The first-order chi connectivity index (χ1) is 13.8. The van der Waals surface area contributed by atoms with Crippen LogP contribution in [0.25, 0.3) is 21.8 Å². The Hall–Kier alpha value is -2.89. The minimum Gasteiger partial charge on any atom is -0.293 e. The number of thiophene rings is 1. The summed E-state index contributed by atoms with van der Waals surface area (Å²) in [5.41, 5.74) is 4.73. The van der Waals surface area contributed by atoms with Crippen LogP contribution in [0.1, 0.15) is 16.1 Å². The van der Waals surface area contributed by atoms with E-state index in [2.05, 4.69) is 57.3 Å². The number of nitrogens with zero attached hydrogens (tertiary/aromatic N) is 4.